The van der Waals surface area contributed by atoms with Gasteiger partial charge in [-0.05, 0) is 12.5 Å². The van der Waals surface area contributed by atoms with Gasteiger partial charge >= 0.3 is 0 Å². The predicted molar refractivity (Wildman–Crippen MR) is 76.5 cm³/mol. The largest absolute Gasteiger partial charge is 0.381 e. The van der Waals surface area contributed by atoms with Crippen molar-refractivity contribution in [3.63, 3.8) is 0 Å². The fourth-order valence-corrected chi connectivity index (χ4v) is 2.85. The summed E-state index contributed by atoms with van der Waals surface area (Å²) in [5.74, 6) is 2.06. The maximum Gasteiger partial charge on any atom is 0.183 e. The minimum Gasteiger partial charge on any atom is -0.381 e. The highest BCUT2D eigenvalue weighted by molar-refractivity contribution is 5.94. The van der Waals surface area contributed by atoms with Gasteiger partial charge in [0.2, 0.25) is 0 Å². The average molecular weight is 268 g/mol. The summed E-state index contributed by atoms with van der Waals surface area (Å²) in [6, 6.07) is 8.31. The van der Waals surface area contributed by atoms with Crippen LogP contribution in [-0.2, 0) is 11.8 Å². The zero-order valence-electron chi connectivity index (χ0n) is 11.3. The van der Waals surface area contributed by atoms with Gasteiger partial charge in [-0.2, -0.15) is 5.10 Å². The Hall–Kier alpha value is -2.14. The lowest BCUT2D eigenvalue weighted by Gasteiger charge is -1.99. The first-order valence-electron chi connectivity index (χ1n) is 6.87. The number of para-hydroxylation sites is 1. The minimum atomic E-state index is 0.353. The van der Waals surface area contributed by atoms with Crippen molar-refractivity contribution in [2.24, 2.45) is 7.05 Å². The van der Waals surface area contributed by atoms with E-state index < -0.39 is 0 Å². The Bertz CT molecular complexity index is 752. The van der Waals surface area contributed by atoms with Crippen LogP contribution in [0.1, 0.15) is 18.2 Å². The molecular weight excluding hydrogens is 252 g/mol. The van der Waals surface area contributed by atoms with Crippen molar-refractivity contribution in [3.8, 4) is 11.4 Å². The zero-order valence-corrected chi connectivity index (χ0v) is 11.3. The maximum atomic E-state index is 5.41. The standard InChI is InChI=1S/C15H16N4O/c1-19-8-12(11-4-2-3-5-13(11)19)15-16-14(17-18-15)10-6-7-20-9-10/h2-5,8,10H,6-7,9H2,1H3,(H,16,17,18). The Labute approximate surface area is 116 Å². The van der Waals surface area contributed by atoms with Gasteiger partial charge in [0.05, 0.1) is 6.61 Å². The molecule has 5 heteroatoms. The van der Waals surface area contributed by atoms with Crippen molar-refractivity contribution >= 4 is 10.9 Å². The van der Waals surface area contributed by atoms with Crippen LogP contribution >= 0.6 is 0 Å². The van der Waals surface area contributed by atoms with E-state index in [9.17, 15) is 0 Å². The Morgan fingerprint density at radius 2 is 2.25 bits per heavy atom. The molecule has 0 amide bonds. The Kier molecular flexibility index (Phi) is 2.60. The van der Waals surface area contributed by atoms with Crippen molar-refractivity contribution in [2.75, 3.05) is 13.2 Å². The van der Waals surface area contributed by atoms with Gasteiger partial charge in [0.15, 0.2) is 5.82 Å². The van der Waals surface area contributed by atoms with Gasteiger partial charge in [-0.1, -0.05) is 18.2 Å². The van der Waals surface area contributed by atoms with E-state index in [1.807, 2.05) is 19.2 Å². The number of nitrogens with zero attached hydrogens (tertiary/aromatic N) is 3. The zero-order chi connectivity index (χ0) is 13.5. The highest BCUT2D eigenvalue weighted by Gasteiger charge is 2.22. The van der Waals surface area contributed by atoms with Gasteiger partial charge in [0.25, 0.3) is 0 Å². The molecule has 1 aromatic carbocycles. The molecule has 0 spiro atoms. The maximum absolute atomic E-state index is 5.41. The first kappa shape index (κ1) is 11.7. The van der Waals surface area contributed by atoms with Gasteiger partial charge < -0.3 is 9.30 Å². The summed E-state index contributed by atoms with van der Waals surface area (Å²) < 4.78 is 7.52. The molecular formula is C15H16N4O. The Balaban J connectivity index is 1.79. The van der Waals surface area contributed by atoms with Crippen LogP contribution in [0, 0.1) is 0 Å². The van der Waals surface area contributed by atoms with Crippen LogP contribution in [0.2, 0.25) is 0 Å². The third-order valence-electron chi connectivity index (χ3n) is 3.96. The monoisotopic (exact) mass is 268 g/mol. The summed E-state index contributed by atoms with van der Waals surface area (Å²) in [5, 5.41) is 8.64. The van der Waals surface area contributed by atoms with Crippen LogP contribution in [0.3, 0.4) is 0 Å². The normalized spacial score (nSPS) is 18.9. The molecule has 2 aromatic heterocycles. The number of hydrogen-bond acceptors (Lipinski definition) is 3. The molecule has 0 bridgehead atoms. The third kappa shape index (κ3) is 1.74. The first-order valence-corrected chi connectivity index (χ1v) is 6.87. The van der Waals surface area contributed by atoms with Gasteiger partial charge in [-0.25, -0.2) is 4.98 Å². The summed E-state index contributed by atoms with van der Waals surface area (Å²) in [5.41, 5.74) is 2.27. The highest BCUT2D eigenvalue weighted by atomic mass is 16.5. The molecule has 0 aliphatic carbocycles. The van der Waals surface area contributed by atoms with Gasteiger partial charge in [0.1, 0.15) is 5.82 Å². The second kappa shape index (κ2) is 4.45. The van der Waals surface area contributed by atoms with Crippen LogP contribution in [0.25, 0.3) is 22.3 Å². The van der Waals surface area contributed by atoms with Gasteiger partial charge in [-0.15, -0.1) is 0 Å². The highest BCUT2D eigenvalue weighted by Crippen LogP contribution is 2.29. The van der Waals surface area contributed by atoms with E-state index in [1.165, 1.54) is 10.9 Å². The van der Waals surface area contributed by atoms with Crippen molar-refractivity contribution in [1.82, 2.24) is 19.7 Å². The molecule has 1 saturated heterocycles. The Morgan fingerprint density at radius 3 is 3.10 bits per heavy atom. The minimum absolute atomic E-state index is 0.353. The number of nitrogens with one attached hydrogen (secondary N) is 1. The fourth-order valence-electron chi connectivity index (χ4n) is 2.85. The van der Waals surface area contributed by atoms with Crippen molar-refractivity contribution in [2.45, 2.75) is 12.3 Å². The molecule has 1 fully saturated rings. The summed E-state index contributed by atoms with van der Waals surface area (Å²) in [6.45, 7) is 1.55. The van der Waals surface area contributed by atoms with E-state index in [4.69, 9.17) is 4.74 Å². The lowest BCUT2D eigenvalue weighted by molar-refractivity contribution is 0.193. The van der Waals surface area contributed by atoms with Crippen LogP contribution in [-0.4, -0.2) is 33.0 Å². The second-order valence-electron chi connectivity index (χ2n) is 5.28. The molecule has 1 aliphatic rings. The van der Waals surface area contributed by atoms with Crippen LogP contribution in [0.15, 0.2) is 30.5 Å². The third-order valence-corrected chi connectivity index (χ3v) is 3.96. The molecule has 4 rings (SSSR count). The van der Waals surface area contributed by atoms with E-state index in [2.05, 4.69) is 38.1 Å². The number of aryl methyl sites for hydroxylation is 1. The summed E-state index contributed by atoms with van der Waals surface area (Å²) in [6.07, 6.45) is 3.10. The molecule has 0 radical (unpaired) electrons. The smallest absolute Gasteiger partial charge is 0.183 e. The number of fused-ring (bicyclic) bond motifs is 1. The predicted octanol–water partition coefficient (Wildman–Crippen LogP) is 2.47. The molecule has 5 nitrogen and oxygen atoms in total. The number of aromatic amines is 1. The molecule has 3 aromatic rings. The average Bonchev–Trinajstić information content (AvgIpc) is 3.17. The van der Waals surface area contributed by atoms with E-state index in [0.29, 0.717) is 5.92 Å². The lowest BCUT2D eigenvalue weighted by Crippen LogP contribution is -1.99. The van der Waals surface area contributed by atoms with E-state index in [1.54, 1.807) is 0 Å². The summed E-state index contributed by atoms with van der Waals surface area (Å²) in [7, 11) is 2.05. The SMILES string of the molecule is Cn1cc(-c2n[nH]c(C3CCOC3)n2)c2ccccc21. The number of hydrogen-bond donors (Lipinski definition) is 1. The van der Waals surface area contributed by atoms with E-state index >= 15 is 0 Å². The topological polar surface area (TPSA) is 55.7 Å². The number of rotatable bonds is 2. The molecule has 3 heterocycles. The first-order chi connectivity index (χ1) is 9.83. The molecule has 1 aliphatic heterocycles. The van der Waals surface area contributed by atoms with Crippen LogP contribution < -0.4 is 0 Å². The van der Waals surface area contributed by atoms with E-state index in [0.717, 1.165) is 36.8 Å². The quantitative estimate of drug-likeness (QED) is 0.776. The fraction of sp³-hybridized carbons (Fsp3) is 0.333. The Morgan fingerprint density at radius 1 is 1.35 bits per heavy atom. The molecule has 1 N–H and O–H groups in total. The van der Waals surface area contributed by atoms with Gasteiger partial charge in [0, 0.05) is 42.2 Å². The molecule has 20 heavy (non-hydrogen) atoms. The number of aromatic nitrogens is 4. The van der Waals surface area contributed by atoms with Crippen molar-refractivity contribution in [1.29, 1.82) is 0 Å². The summed E-state index contributed by atoms with van der Waals surface area (Å²) >= 11 is 0. The lowest BCUT2D eigenvalue weighted by atomic mass is 10.1. The van der Waals surface area contributed by atoms with Crippen molar-refractivity contribution in [3.05, 3.63) is 36.3 Å². The molecule has 0 saturated carbocycles. The number of benzene rings is 1. The van der Waals surface area contributed by atoms with E-state index in [-0.39, 0.29) is 0 Å². The molecule has 102 valence electrons. The number of H-pyrrole nitrogens is 1. The van der Waals surface area contributed by atoms with Crippen LogP contribution in [0.5, 0.6) is 0 Å². The number of ether oxygens (including phenoxy) is 1. The van der Waals surface area contributed by atoms with Crippen LogP contribution in [0.4, 0.5) is 0 Å². The molecule has 1 unspecified atom stereocenters. The molecule has 1 atom stereocenters. The van der Waals surface area contributed by atoms with Crippen molar-refractivity contribution < 1.29 is 4.74 Å². The summed E-state index contributed by atoms with van der Waals surface area (Å²) in [4.78, 5) is 4.67. The second-order valence-corrected chi connectivity index (χ2v) is 5.28. The van der Waals surface area contributed by atoms with Gasteiger partial charge in [-0.3, -0.25) is 5.10 Å².